The molecule has 76 valence electrons. The summed E-state index contributed by atoms with van der Waals surface area (Å²) in [5, 5.41) is 0. The number of para-hydroxylation sites is 1. The van der Waals surface area contributed by atoms with Crippen molar-refractivity contribution in [3.05, 3.63) is 57.9 Å². The van der Waals surface area contributed by atoms with Crippen LogP contribution in [-0.4, -0.2) is 0 Å². The normalized spacial score (nSPS) is 10.0. The zero-order valence-electron chi connectivity index (χ0n) is 7.78. The quantitative estimate of drug-likeness (QED) is 0.754. The maximum Gasteiger partial charge on any atom is 0.140 e. The fourth-order valence-corrected chi connectivity index (χ4v) is 1.68. The van der Waals surface area contributed by atoms with Gasteiger partial charge in [-0.25, -0.2) is 4.39 Å². The van der Waals surface area contributed by atoms with Gasteiger partial charge < -0.3 is 4.74 Å². The van der Waals surface area contributed by atoms with Gasteiger partial charge in [0.25, 0.3) is 0 Å². The molecule has 1 nitrogen and oxygen atoms in total. The molecule has 0 radical (unpaired) electrons. The molecule has 0 aromatic heterocycles. The first kappa shape index (κ1) is 10.4. The number of halogens is 2. The molecule has 2 aromatic rings. The van der Waals surface area contributed by atoms with Gasteiger partial charge in [0.05, 0.1) is 3.57 Å². The smallest absolute Gasteiger partial charge is 0.140 e. The summed E-state index contributed by atoms with van der Waals surface area (Å²) < 4.78 is 19.4. The molecule has 0 aliphatic carbocycles. The van der Waals surface area contributed by atoms with E-state index in [1.54, 1.807) is 12.1 Å². The van der Waals surface area contributed by atoms with Gasteiger partial charge >= 0.3 is 0 Å². The van der Waals surface area contributed by atoms with E-state index >= 15 is 0 Å². The molecule has 0 heterocycles. The molecule has 0 spiro atoms. The SMILES string of the molecule is Fc1cccc(Oc2ccccc2I)c1. The Kier molecular flexibility index (Phi) is 3.20. The van der Waals surface area contributed by atoms with Gasteiger partial charge in [0.15, 0.2) is 0 Å². The Labute approximate surface area is 101 Å². The maximum absolute atomic E-state index is 12.9. The van der Waals surface area contributed by atoms with E-state index in [1.807, 2.05) is 24.3 Å². The van der Waals surface area contributed by atoms with E-state index in [2.05, 4.69) is 22.6 Å². The summed E-state index contributed by atoms with van der Waals surface area (Å²) in [6, 6.07) is 13.7. The number of hydrogen-bond acceptors (Lipinski definition) is 1. The highest BCUT2D eigenvalue weighted by Crippen LogP contribution is 2.26. The minimum atomic E-state index is -0.293. The topological polar surface area (TPSA) is 9.23 Å². The zero-order chi connectivity index (χ0) is 10.7. The zero-order valence-corrected chi connectivity index (χ0v) is 9.94. The van der Waals surface area contributed by atoms with Crippen LogP contribution < -0.4 is 4.74 Å². The molecule has 2 aromatic carbocycles. The standard InChI is InChI=1S/C12H8FIO/c13-9-4-3-5-10(8-9)15-12-7-2-1-6-11(12)14/h1-8H. The van der Waals surface area contributed by atoms with Crippen LogP contribution in [0.5, 0.6) is 11.5 Å². The first-order valence-electron chi connectivity index (χ1n) is 4.43. The van der Waals surface area contributed by atoms with Crippen molar-refractivity contribution in [2.75, 3.05) is 0 Å². The lowest BCUT2D eigenvalue weighted by molar-refractivity contribution is 0.473. The second-order valence-electron chi connectivity index (χ2n) is 2.99. The van der Waals surface area contributed by atoms with Gasteiger partial charge in [-0.3, -0.25) is 0 Å². The Morgan fingerprint density at radius 1 is 1.00 bits per heavy atom. The summed E-state index contributed by atoms with van der Waals surface area (Å²) in [6.07, 6.45) is 0. The molecule has 0 atom stereocenters. The van der Waals surface area contributed by atoms with Crippen molar-refractivity contribution < 1.29 is 9.13 Å². The van der Waals surface area contributed by atoms with Crippen LogP contribution in [0.25, 0.3) is 0 Å². The van der Waals surface area contributed by atoms with Crippen LogP contribution in [0, 0.1) is 9.39 Å². The van der Waals surface area contributed by atoms with Crippen LogP contribution >= 0.6 is 22.6 Å². The molecule has 15 heavy (non-hydrogen) atoms. The third kappa shape index (κ3) is 2.68. The van der Waals surface area contributed by atoms with Gasteiger partial charge in [-0.2, -0.15) is 0 Å². The number of ether oxygens (including phenoxy) is 1. The molecule has 0 saturated heterocycles. The monoisotopic (exact) mass is 314 g/mol. The van der Waals surface area contributed by atoms with Crippen molar-refractivity contribution in [2.45, 2.75) is 0 Å². The first-order chi connectivity index (χ1) is 7.25. The predicted molar refractivity (Wildman–Crippen MR) is 65.6 cm³/mol. The Morgan fingerprint density at radius 2 is 1.80 bits per heavy atom. The predicted octanol–water partition coefficient (Wildman–Crippen LogP) is 4.22. The second-order valence-corrected chi connectivity index (χ2v) is 4.15. The molecule has 0 bridgehead atoms. The van der Waals surface area contributed by atoms with Gasteiger partial charge in [0, 0.05) is 6.07 Å². The van der Waals surface area contributed by atoms with Crippen molar-refractivity contribution in [1.82, 2.24) is 0 Å². The highest BCUT2D eigenvalue weighted by Gasteiger charge is 2.01. The van der Waals surface area contributed by atoms with Crippen molar-refractivity contribution in [3.63, 3.8) is 0 Å². The number of benzene rings is 2. The van der Waals surface area contributed by atoms with Gasteiger partial charge in [-0.1, -0.05) is 18.2 Å². The fourth-order valence-electron chi connectivity index (χ4n) is 1.18. The van der Waals surface area contributed by atoms with E-state index in [9.17, 15) is 4.39 Å². The lowest BCUT2D eigenvalue weighted by Gasteiger charge is -2.06. The Hall–Kier alpha value is -1.10. The van der Waals surface area contributed by atoms with Crippen molar-refractivity contribution in [1.29, 1.82) is 0 Å². The molecule has 0 aliphatic heterocycles. The van der Waals surface area contributed by atoms with E-state index in [1.165, 1.54) is 12.1 Å². The summed E-state index contributed by atoms with van der Waals surface area (Å²) in [6.45, 7) is 0. The molecule has 3 heteroatoms. The number of hydrogen-bond donors (Lipinski definition) is 0. The lowest BCUT2D eigenvalue weighted by atomic mass is 10.3. The van der Waals surface area contributed by atoms with Gasteiger partial charge in [0.1, 0.15) is 17.3 Å². The Bertz CT molecular complexity index is 471. The molecule has 0 amide bonds. The van der Waals surface area contributed by atoms with E-state index in [0.29, 0.717) is 5.75 Å². The molecule has 2 rings (SSSR count). The molecule has 0 fully saturated rings. The van der Waals surface area contributed by atoms with E-state index < -0.39 is 0 Å². The average molecular weight is 314 g/mol. The highest BCUT2D eigenvalue weighted by atomic mass is 127. The van der Waals surface area contributed by atoms with Crippen LogP contribution in [0.2, 0.25) is 0 Å². The van der Waals surface area contributed by atoms with E-state index in [0.717, 1.165) is 9.32 Å². The molecule has 0 N–H and O–H groups in total. The number of rotatable bonds is 2. The van der Waals surface area contributed by atoms with Crippen LogP contribution in [0.4, 0.5) is 4.39 Å². The van der Waals surface area contributed by atoms with Gasteiger partial charge in [0.2, 0.25) is 0 Å². The highest BCUT2D eigenvalue weighted by molar-refractivity contribution is 14.1. The van der Waals surface area contributed by atoms with Crippen LogP contribution in [0.3, 0.4) is 0 Å². The largest absolute Gasteiger partial charge is 0.456 e. The van der Waals surface area contributed by atoms with Crippen LogP contribution in [-0.2, 0) is 0 Å². The molecular formula is C12H8FIO. The second kappa shape index (κ2) is 4.61. The van der Waals surface area contributed by atoms with Gasteiger partial charge in [-0.05, 0) is 46.9 Å². The Morgan fingerprint density at radius 3 is 2.53 bits per heavy atom. The summed E-state index contributed by atoms with van der Waals surface area (Å²) in [7, 11) is 0. The first-order valence-corrected chi connectivity index (χ1v) is 5.51. The summed E-state index contributed by atoms with van der Waals surface area (Å²) in [4.78, 5) is 0. The minimum Gasteiger partial charge on any atom is -0.456 e. The average Bonchev–Trinajstić information content (AvgIpc) is 2.22. The van der Waals surface area contributed by atoms with Crippen molar-refractivity contribution >= 4 is 22.6 Å². The third-order valence-electron chi connectivity index (χ3n) is 1.86. The minimum absolute atomic E-state index is 0.293. The molecule has 0 saturated carbocycles. The van der Waals surface area contributed by atoms with Gasteiger partial charge in [-0.15, -0.1) is 0 Å². The third-order valence-corrected chi connectivity index (χ3v) is 2.75. The van der Waals surface area contributed by atoms with E-state index in [4.69, 9.17) is 4.74 Å². The molecule has 0 aliphatic rings. The van der Waals surface area contributed by atoms with Crippen molar-refractivity contribution in [2.24, 2.45) is 0 Å². The summed E-state index contributed by atoms with van der Waals surface area (Å²) in [5.41, 5.74) is 0. The summed E-state index contributed by atoms with van der Waals surface area (Å²) in [5.74, 6) is 0.959. The molecule has 0 unspecified atom stereocenters. The van der Waals surface area contributed by atoms with Crippen molar-refractivity contribution in [3.8, 4) is 11.5 Å². The maximum atomic E-state index is 12.9. The Balaban J connectivity index is 2.26. The summed E-state index contributed by atoms with van der Waals surface area (Å²) >= 11 is 2.18. The molecular weight excluding hydrogens is 306 g/mol. The fraction of sp³-hybridized carbons (Fsp3) is 0. The lowest BCUT2D eigenvalue weighted by Crippen LogP contribution is -1.87. The van der Waals surface area contributed by atoms with Crippen LogP contribution in [0.15, 0.2) is 48.5 Å². The van der Waals surface area contributed by atoms with E-state index in [-0.39, 0.29) is 5.82 Å². The van der Waals surface area contributed by atoms with Crippen LogP contribution in [0.1, 0.15) is 0 Å².